The number of anilines is 1. The third kappa shape index (κ3) is 4.67. The number of nitrogens with one attached hydrogen (secondary N) is 2. The van der Waals surface area contributed by atoms with Crippen LogP contribution in [-0.4, -0.2) is 38.4 Å². The molecule has 0 bridgehead atoms. The number of ether oxygens (including phenoxy) is 1. The average Bonchev–Trinajstić information content (AvgIpc) is 3.44. The van der Waals surface area contributed by atoms with Crippen molar-refractivity contribution in [3.63, 3.8) is 0 Å². The van der Waals surface area contributed by atoms with E-state index >= 15 is 0 Å². The van der Waals surface area contributed by atoms with E-state index in [1.165, 1.54) is 16.4 Å². The molecular weight excluding hydrogens is 408 g/mol. The van der Waals surface area contributed by atoms with Crippen molar-refractivity contribution < 1.29 is 14.3 Å². The quantitative estimate of drug-likeness (QED) is 0.469. The maximum atomic E-state index is 12.5. The molecule has 32 heavy (non-hydrogen) atoms. The first kappa shape index (κ1) is 20.9. The first-order valence-electron chi connectivity index (χ1n) is 9.92. The van der Waals surface area contributed by atoms with E-state index in [4.69, 9.17) is 4.74 Å². The minimum absolute atomic E-state index is 0.130. The van der Waals surface area contributed by atoms with Crippen LogP contribution in [0.2, 0.25) is 0 Å². The summed E-state index contributed by atoms with van der Waals surface area (Å²) in [7, 11) is 3.17. The molecule has 0 atom stereocenters. The van der Waals surface area contributed by atoms with Crippen molar-refractivity contribution in [2.45, 2.75) is 6.73 Å². The van der Waals surface area contributed by atoms with E-state index in [1.54, 1.807) is 25.5 Å². The molecule has 0 unspecified atom stereocenters. The Morgan fingerprint density at radius 2 is 1.66 bits per heavy atom. The Morgan fingerprint density at radius 3 is 2.38 bits per heavy atom. The van der Waals surface area contributed by atoms with E-state index in [0.717, 1.165) is 11.1 Å². The summed E-state index contributed by atoms with van der Waals surface area (Å²) in [5, 5.41) is 13.5. The Balaban J connectivity index is 1.37. The zero-order chi connectivity index (χ0) is 22.5. The molecule has 0 spiro atoms. The molecule has 9 nitrogen and oxygen atoms in total. The fourth-order valence-corrected chi connectivity index (χ4v) is 3.12. The van der Waals surface area contributed by atoms with Crippen molar-refractivity contribution in [2.75, 3.05) is 12.4 Å². The van der Waals surface area contributed by atoms with Crippen molar-refractivity contribution >= 4 is 17.5 Å². The Labute approximate surface area is 184 Å². The van der Waals surface area contributed by atoms with Crippen molar-refractivity contribution in [3.8, 4) is 16.9 Å². The van der Waals surface area contributed by atoms with Gasteiger partial charge in [-0.05, 0) is 29.3 Å². The molecular formula is C23H22N6O3. The van der Waals surface area contributed by atoms with Gasteiger partial charge in [-0.3, -0.25) is 14.3 Å². The summed E-state index contributed by atoms with van der Waals surface area (Å²) >= 11 is 0. The van der Waals surface area contributed by atoms with Crippen LogP contribution >= 0.6 is 0 Å². The number of aromatic nitrogens is 4. The summed E-state index contributed by atoms with van der Waals surface area (Å²) in [6.45, 7) is 0.147. The summed E-state index contributed by atoms with van der Waals surface area (Å²) in [6, 6.07) is 19.4. The molecule has 2 heterocycles. The van der Waals surface area contributed by atoms with Crippen molar-refractivity contribution in [1.82, 2.24) is 24.9 Å². The molecule has 0 aliphatic rings. The second kappa shape index (κ2) is 9.17. The largest absolute Gasteiger partial charge is 0.471 e. The van der Waals surface area contributed by atoms with Crippen LogP contribution in [0.25, 0.3) is 11.1 Å². The fourth-order valence-electron chi connectivity index (χ4n) is 3.12. The van der Waals surface area contributed by atoms with Gasteiger partial charge in [0.15, 0.2) is 18.1 Å². The summed E-state index contributed by atoms with van der Waals surface area (Å²) in [6.07, 6.45) is 3.21. The molecule has 0 aliphatic heterocycles. The summed E-state index contributed by atoms with van der Waals surface area (Å²) in [5.41, 5.74) is 2.86. The molecule has 4 aromatic rings. The van der Waals surface area contributed by atoms with Crippen LogP contribution in [0.3, 0.4) is 0 Å². The Kier molecular flexibility index (Phi) is 5.98. The lowest BCUT2D eigenvalue weighted by molar-refractivity contribution is 0.0958. The summed E-state index contributed by atoms with van der Waals surface area (Å²) in [5.74, 6) is -0.149. The maximum Gasteiger partial charge on any atom is 0.276 e. The lowest BCUT2D eigenvalue weighted by Gasteiger charge is -2.07. The monoisotopic (exact) mass is 430 g/mol. The predicted molar refractivity (Wildman–Crippen MR) is 119 cm³/mol. The lowest BCUT2D eigenvalue weighted by Crippen LogP contribution is -2.21. The van der Waals surface area contributed by atoms with Crippen molar-refractivity contribution in [2.24, 2.45) is 7.05 Å². The molecule has 0 saturated carbocycles. The van der Waals surface area contributed by atoms with Gasteiger partial charge in [-0.2, -0.15) is 10.2 Å². The van der Waals surface area contributed by atoms with E-state index in [0.29, 0.717) is 11.4 Å². The van der Waals surface area contributed by atoms with Gasteiger partial charge in [0, 0.05) is 26.5 Å². The molecule has 0 saturated heterocycles. The van der Waals surface area contributed by atoms with Crippen LogP contribution in [0.4, 0.5) is 5.69 Å². The number of carbonyl (C=O) groups excluding carboxylic acids is 2. The zero-order valence-corrected chi connectivity index (χ0v) is 17.6. The van der Waals surface area contributed by atoms with Gasteiger partial charge in [-0.25, -0.2) is 4.68 Å². The predicted octanol–water partition coefficient (Wildman–Crippen LogP) is 2.93. The highest BCUT2D eigenvalue weighted by Gasteiger charge is 2.18. The van der Waals surface area contributed by atoms with E-state index in [2.05, 4.69) is 33.0 Å². The summed E-state index contributed by atoms with van der Waals surface area (Å²) < 4.78 is 8.74. The van der Waals surface area contributed by atoms with E-state index in [1.807, 2.05) is 42.5 Å². The van der Waals surface area contributed by atoms with Gasteiger partial charge < -0.3 is 15.4 Å². The first-order chi connectivity index (χ1) is 15.5. The summed E-state index contributed by atoms with van der Waals surface area (Å²) in [4.78, 5) is 24.5. The molecule has 0 aliphatic carbocycles. The number of nitrogens with zero attached hydrogens (tertiary/aromatic N) is 4. The highest BCUT2D eigenvalue weighted by atomic mass is 16.5. The number of aryl methyl sites for hydroxylation is 1. The van der Waals surface area contributed by atoms with Gasteiger partial charge in [0.05, 0.1) is 5.69 Å². The Bertz CT molecular complexity index is 1230. The third-order valence-corrected chi connectivity index (χ3v) is 4.72. The molecule has 2 aromatic heterocycles. The minimum Gasteiger partial charge on any atom is -0.471 e. The molecule has 0 fully saturated rings. The van der Waals surface area contributed by atoms with Crippen LogP contribution in [0.1, 0.15) is 21.0 Å². The van der Waals surface area contributed by atoms with Crippen LogP contribution in [0.15, 0.2) is 73.1 Å². The van der Waals surface area contributed by atoms with Crippen LogP contribution in [0, 0.1) is 0 Å². The molecule has 0 radical (unpaired) electrons. The zero-order valence-electron chi connectivity index (χ0n) is 17.6. The van der Waals surface area contributed by atoms with Crippen LogP contribution in [-0.2, 0) is 13.8 Å². The topological polar surface area (TPSA) is 103 Å². The Hall–Kier alpha value is -4.40. The van der Waals surface area contributed by atoms with Gasteiger partial charge in [0.1, 0.15) is 5.75 Å². The molecule has 2 N–H and O–H groups in total. The molecule has 2 amide bonds. The number of rotatable bonds is 7. The smallest absolute Gasteiger partial charge is 0.276 e. The van der Waals surface area contributed by atoms with Crippen molar-refractivity contribution in [3.05, 3.63) is 84.4 Å². The number of hydrogen-bond acceptors (Lipinski definition) is 5. The highest BCUT2D eigenvalue weighted by molar-refractivity contribution is 6.07. The van der Waals surface area contributed by atoms with Gasteiger partial charge in [0.2, 0.25) is 0 Å². The number of carbonyl (C=O) groups is 2. The minimum atomic E-state index is -0.450. The van der Waals surface area contributed by atoms with E-state index in [9.17, 15) is 9.59 Å². The third-order valence-electron chi connectivity index (χ3n) is 4.72. The average molecular weight is 430 g/mol. The van der Waals surface area contributed by atoms with E-state index in [-0.39, 0.29) is 18.1 Å². The first-order valence-corrected chi connectivity index (χ1v) is 9.92. The van der Waals surface area contributed by atoms with Gasteiger partial charge in [-0.1, -0.05) is 42.5 Å². The second-order valence-electron chi connectivity index (χ2n) is 7.00. The van der Waals surface area contributed by atoms with Crippen LogP contribution < -0.4 is 15.4 Å². The van der Waals surface area contributed by atoms with Gasteiger partial charge >= 0.3 is 0 Å². The normalized spacial score (nSPS) is 10.6. The molecule has 9 heteroatoms. The Morgan fingerprint density at radius 1 is 0.938 bits per heavy atom. The maximum absolute atomic E-state index is 12.5. The van der Waals surface area contributed by atoms with E-state index < -0.39 is 11.8 Å². The number of benzene rings is 2. The lowest BCUT2D eigenvalue weighted by atomic mass is 10.1. The second-order valence-corrected chi connectivity index (χ2v) is 7.00. The number of amides is 2. The molecule has 162 valence electrons. The van der Waals surface area contributed by atoms with Crippen molar-refractivity contribution in [1.29, 1.82) is 0 Å². The SMILES string of the molecule is CNC(=O)c1nn(C)cc1NC(=O)c1ccn(COc2ccc(-c3ccccc3)cc2)n1. The van der Waals surface area contributed by atoms with Gasteiger partial charge in [-0.15, -0.1) is 0 Å². The molecule has 4 rings (SSSR count). The molecule has 2 aromatic carbocycles. The van der Waals surface area contributed by atoms with Gasteiger partial charge in [0.25, 0.3) is 11.8 Å². The van der Waals surface area contributed by atoms with Crippen LogP contribution in [0.5, 0.6) is 5.75 Å². The standard InChI is InChI=1S/C23H22N6O3/c1-24-23(31)21-20(14-28(2)27-21)25-22(30)19-12-13-29(26-19)15-32-18-10-8-17(9-11-18)16-6-4-3-5-7-16/h3-14H,15H2,1-2H3,(H,24,31)(H,25,30). The number of hydrogen-bond donors (Lipinski definition) is 2. The fraction of sp³-hybridized carbons (Fsp3) is 0.130. The highest BCUT2D eigenvalue weighted by Crippen LogP contribution is 2.22.